The van der Waals surface area contributed by atoms with Gasteiger partial charge in [0.25, 0.3) is 0 Å². The van der Waals surface area contributed by atoms with Crippen LogP contribution in [0.2, 0.25) is 0 Å². The molecule has 4 heteroatoms. The van der Waals surface area contributed by atoms with Crippen molar-refractivity contribution in [1.29, 1.82) is 0 Å². The maximum Gasteiger partial charge on any atom is 0.123 e. The Kier molecular flexibility index (Phi) is 5.04. The predicted octanol–water partition coefficient (Wildman–Crippen LogP) is 3.53. The molecular weight excluding hydrogens is 322 g/mol. The van der Waals surface area contributed by atoms with Crippen LogP contribution in [-0.2, 0) is 0 Å². The highest BCUT2D eigenvalue weighted by atomic mass is 127. The Bertz CT molecular complexity index is 340. The van der Waals surface area contributed by atoms with Crippen LogP contribution in [-0.4, -0.2) is 10.2 Å². The number of benzene rings is 2. The van der Waals surface area contributed by atoms with Crippen LogP contribution in [0.25, 0.3) is 0 Å². The van der Waals surface area contributed by atoms with Crippen LogP contribution in [0, 0.1) is 9.39 Å². The number of phenolic OH excluding ortho intramolecular Hbond substituents is 2. The molecule has 0 bridgehead atoms. The molecular formula is C12H10FIO2. The van der Waals surface area contributed by atoms with E-state index in [0.29, 0.717) is 5.75 Å². The largest absolute Gasteiger partial charge is 0.508 e. The fourth-order valence-corrected chi connectivity index (χ4v) is 1.24. The Morgan fingerprint density at radius 3 is 1.44 bits per heavy atom. The van der Waals surface area contributed by atoms with E-state index in [2.05, 4.69) is 22.6 Å². The second-order valence-electron chi connectivity index (χ2n) is 2.95. The van der Waals surface area contributed by atoms with E-state index in [-0.39, 0.29) is 11.6 Å². The van der Waals surface area contributed by atoms with Gasteiger partial charge in [0, 0.05) is 3.57 Å². The summed E-state index contributed by atoms with van der Waals surface area (Å²) in [7, 11) is 0. The topological polar surface area (TPSA) is 40.5 Å². The predicted molar refractivity (Wildman–Crippen MR) is 68.9 cm³/mol. The van der Waals surface area contributed by atoms with Gasteiger partial charge in [-0.3, -0.25) is 0 Å². The number of hydrogen-bond acceptors (Lipinski definition) is 2. The van der Waals surface area contributed by atoms with E-state index < -0.39 is 0 Å². The number of phenols is 2. The van der Waals surface area contributed by atoms with Crippen molar-refractivity contribution >= 4 is 22.6 Å². The summed E-state index contributed by atoms with van der Waals surface area (Å²) in [5.41, 5.74) is 0. The quantitative estimate of drug-likeness (QED) is 0.725. The first-order valence-corrected chi connectivity index (χ1v) is 5.55. The molecule has 2 nitrogen and oxygen atoms in total. The molecule has 0 saturated carbocycles. The molecule has 0 spiro atoms. The first-order chi connectivity index (χ1) is 7.58. The Hall–Kier alpha value is -1.30. The van der Waals surface area contributed by atoms with Crippen LogP contribution >= 0.6 is 22.6 Å². The molecule has 0 aliphatic carbocycles. The van der Waals surface area contributed by atoms with E-state index >= 15 is 0 Å². The highest BCUT2D eigenvalue weighted by Gasteiger charge is 1.85. The average Bonchev–Trinajstić information content (AvgIpc) is 2.28. The third-order valence-electron chi connectivity index (χ3n) is 1.65. The molecule has 0 aliphatic rings. The van der Waals surface area contributed by atoms with Gasteiger partial charge in [-0.15, -0.1) is 0 Å². The van der Waals surface area contributed by atoms with Crippen LogP contribution in [0.3, 0.4) is 0 Å². The summed E-state index contributed by atoms with van der Waals surface area (Å²) in [5, 5.41) is 17.3. The van der Waals surface area contributed by atoms with Crippen LogP contribution in [0.1, 0.15) is 0 Å². The SMILES string of the molecule is Oc1ccc(F)cc1.Oc1ccc(I)cc1. The summed E-state index contributed by atoms with van der Waals surface area (Å²) < 4.78 is 13.1. The first kappa shape index (κ1) is 12.8. The van der Waals surface area contributed by atoms with Crippen molar-refractivity contribution < 1.29 is 14.6 Å². The van der Waals surface area contributed by atoms with E-state index in [1.54, 1.807) is 12.1 Å². The van der Waals surface area contributed by atoms with Gasteiger partial charge in [-0.2, -0.15) is 0 Å². The third kappa shape index (κ3) is 4.97. The molecule has 2 rings (SSSR count). The number of hydrogen-bond donors (Lipinski definition) is 2. The monoisotopic (exact) mass is 332 g/mol. The zero-order valence-corrected chi connectivity index (χ0v) is 10.4. The Balaban J connectivity index is 0.000000160. The molecule has 2 aromatic carbocycles. The lowest BCUT2D eigenvalue weighted by Gasteiger charge is -1.87. The molecule has 2 aromatic rings. The third-order valence-corrected chi connectivity index (χ3v) is 2.37. The minimum Gasteiger partial charge on any atom is -0.508 e. The lowest BCUT2D eigenvalue weighted by molar-refractivity contribution is 0.473. The van der Waals surface area contributed by atoms with Gasteiger partial charge >= 0.3 is 0 Å². The van der Waals surface area contributed by atoms with Gasteiger partial charge < -0.3 is 10.2 Å². The fraction of sp³-hybridized carbons (Fsp3) is 0. The maximum atomic E-state index is 12.0. The number of rotatable bonds is 0. The van der Waals surface area contributed by atoms with Gasteiger partial charge in [0.1, 0.15) is 17.3 Å². The van der Waals surface area contributed by atoms with Crippen molar-refractivity contribution in [3.05, 3.63) is 57.9 Å². The Morgan fingerprint density at radius 1 is 0.750 bits per heavy atom. The second-order valence-corrected chi connectivity index (χ2v) is 4.20. The fourth-order valence-electron chi connectivity index (χ4n) is 0.882. The summed E-state index contributed by atoms with van der Waals surface area (Å²) >= 11 is 2.19. The summed E-state index contributed by atoms with van der Waals surface area (Å²) in [6.07, 6.45) is 0. The highest BCUT2D eigenvalue weighted by Crippen LogP contribution is 2.10. The van der Waals surface area contributed by atoms with Gasteiger partial charge in [-0.25, -0.2) is 4.39 Å². The molecule has 0 atom stereocenters. The van der Waals surface area contributed by atoms with Crippen molar-refractivity contribution in [3.63, 3.8) is 0 Å². The molecule has 0 aromatic heterocycles. The summed E-state index contributed by atoms with van der Waals surface area (Å²) in [4.78, 5) is 0. The van der Waals surface area contributed by atoms with Crippen LogP contribution < -0.4 is 0 Å². The molecule has 2 N–H and O–H groups in total. The Morgan fingerprint density at radius 2 is 1.12 bits per heavy atom. The van der Waals surface area contributed by atoms with Crippen molar-refractivity contribution in [2.75, 3.05) is 0 Å². The van der Waals surface area contributed by atoms with Crippen LogP contribution in [0.4, 0.5) is 4.39 Å². The second kappa shape index (κ2) is 6.32. The van der Waals surface area contributed by atoms with Crippen LogP contribution in [0.15, 0.2) is 48.5 Å². The molecule has 0 aliphatic heterocycles. The van der Waals surface area contributed by atoms with Gasteiger partial charge in [-0.1, -0.05) is 0 Å². The van der Waals surface area contributed by atoms with Crippen molar-refractivity contribution in [2.45, 2.75) is 0 Å². The van der Waals surface area contributed by atoms with Crippen molar-refractivity contribution in [1.82, 2.24) is 0 Å². The van der Waals surface area contributed by atoms with E-state index in [1.165, 1.54) is 24.3 Å². The molecule has 0 heterocycles. The molecule has 0 fully saturated rings. The lowest BCUT2D eigenvalue weighted by Crippen LogP contribution is -1.67. The smallest absolute Gasteiger partial charge is 0.123 e. The van der Waals surface area contributed by atoms with E-state index in [9.17, 15) is 4.39 Å². The van der Waals surface area contributed by atoms with E-state index in [0.717, 1.165) is 3.57 Å². The maximum absolute atomic E-state index is 12.0. The molecule has 0 radical (unpaired) electrons. The molecule has 16 heavy (non-hydrogen) atoms. The first-order valence-electron chi connectivity index (χ1n) is 4.47. The summed E-state index contributed by atoms with van der Waals surface area (Å²) in [6.45, 7) is 0. The lowest BCUT2D eigenvalue weighted by atomic mass is 10.3. The van der Waals surface area contributed by atoms with Gasteiger partial charge in [0.2, 0.25) is 0 Å². The van der Waals surface area contributed by atoms with Gasteiger partial charge in [0.15, 0.2) is 0 Å². The Labute approximate surface area is 107 Å². The average molecular weight is 332 g/mol. The standard InChI is InChI=1S/C6H5FO.C6H5IO/c2*7-5-1-3-6(8)4-2-5/h2*1-4,8H. The summed E-state index contributed by atoms with van der Waals surface area (Å²) in [5.74, 6) is 0.0830. The molecule has 0 unspecified atom stereocenters. The zero-order valence-electron chi connectivity index (χ0n) is 8.27. The molecule has 0 saturated heterocycles. The molecule has 0 amide bonds. The minimum absolute atomic E-state index is 0.0893. The zero-order chi connectivity index (χ0) is 12.0. The van der Waals surface area contributed by atoms with E-state index in [4.69, 9.17) is 10.2 Å². The summed E-state index contributed by atoms with van der Waals surface area (Å²) in [6, 6.07) is 12.1. The normalized spacial score (nSPS) is 9.12. The molecule has 84 valence electrons. The van der Waals surface area contributed by atoms with Crippen molar-refractivity contribution in [2.24, 2.45) is 0 Å². The number of aromatic hydroxyl groups is 2. The van der Waals surface area contributed by atoms with Gasteiger partial charge in [0.05, 0.1) is 0 Å². The van der Waals surface area contributed by atoms with E-state index in [1.807, 2.05) is 12.1 Å². The van der Waals surface area contributed by atoms with Crippen molar-refractivity contribution in [3.8, 4) is 11.5 Å². The number of halogens is 2. The van der Waals surface area contributed by atoms with Gasteiger partial charge in [-0.05, 0) is 71.1 Å². The van der Waals surface area contributed by atoms with Crippen LogP contribution in [0.5, 0.6) is 11.5 Å². The minimum atomic E-state index is -0.331. The highest BCUT2D eigenvalue weighted by molar-refractivity contribution is 14.1.